The van der Waals surface area contributed by atoms with E-state index in [1.54, 1.807) is 0 Å². The molecular formula is C9H5BrF2N4O. The lowest BCUT2D eigenvalue weighted by Gasteiger charge is -2.05. The Kier molecular flexibility index (Phi) is 3.14. The second kappa shape index (κ2) is 4.58. The van der Waals surface area contributed by atoms with Gasteiger partial charge in [-0.2, -0.15) is 15.4 Å². The van der Waals surface area contributed by atoms with E-state index in [9.17, 15) is 13.6 Å². The van der Waals surface area contributed by atoms with Crippen LogP contribution < -0.4 is 5.32 Å². The van der Waals surface area contributed by atoms with Crippen LogP contribution in [0.1, 0.15) is 10.5 Å². The Bertz CT molecular complexity index is 558. The Balaban J connectivity index is 2.25. The number of carbonyl (C=O) groups excluding carboxylic acids is 1. The molecule has 0 aliphatic carbocycles. The van der Waals surface area contributed by atoms with Crippen molar-refractivity contribution in [2.75, 3.05) is 5.32 Å². The van der Waals surface area contributed by atoms with Gasteiger partial charge in [0.25, 0.3) is 5.91 Å². The molecule has 0 atom stereocenters. The standard InChI is InChI=1S/C9H5BrF2N4O/c10-4-1-7(6(12)2-5(4)11)14-9(17)8-3-13-16-15-8/h1-3H,(H,14,17)(H,13,15,16). The molecule has 2 aromatic rings. The molecule has 1 heterocycles. The van der Waals surface area contributed by atoms with Crippen molar-refractivity contribution in [1.82, 2.24) is 15.4 Å². The second-order valence-corrected chi connectivity index (χ2v) is 3.91. The van der Waals surface area contributed by atoms with Gasteiger partial charge in [0, 0.05) is 6.07 Å². The summed E-state index contributed by atoms with van der Waals surface area (Å²) in [5, 5.41) is 11.5. The molecule has 1 aromatic heterocycles. The largest absolute Gasteiger partial charge is 0.318 e. The van der Waals surface area contributed by atoms with E-state index in [2.05, 4.69) is 36.7 Å². The minimum Gasteiger partial charge on any atom is -0.318 e. The van der Waals surface area contributed by atoms with Crippen LogP contribution in [0.15, 0.2) is 22.8 Å². The molecule has 2 rings (SSSR count). The molecule has 8 heteroatoms. The summed E-state index contributed by atoms with van der Waals surface area (Å²) in [4.78, 5) is 11.5. The number of nitrogens with zero attached hydrogens (tertiary/aromatic N) is 2. The highest BCUT2D eigenvalue weighted by molar-refractivity contribution is 9.10. The Labute approximate surface area is 102 Å². The van der Waals surface area contributed by atoms with Gasteiger partial charge in [-0.3, -0.25) is 4.79 Å². The summed E-state index contributed by atoms with van der Waals surface area (Å²) in [6.07, 6.45) is 1.19. The number of aromatic nitrogens is 3. The zero-order valence-corrected chi connectivity index (χ0v) is 9.75. The fourth-order valence-electron chi connectivity index (χ4n) is 1.12. The molecule has 0 unspecified atom stereocenters. The number of benzene rings is 1. The molecule has 17 heavy (non-hydrogen) atoms. The predicted molar refractivity (Wildman–Crippen MR) is 58.4 cm³/mol. The van der Waals surface area contributed by atoms with E-state index < -0.39 is 17.5 Å². The molecule has 1 amide bonds. The van der Waals surface area contributed by atoms with Gasteiger partial charge in [0.05, 0.1) is 16.4 Å². The van der Waals surface area contributed by atoms with Crippen LogP contribution in [0.3, 0.4) is 0 Å². The van der Waals surface area contributed by atoms with Crippen LogP contribution in [0.25, 0.3) is 0 Å². The number of H-pyrrole nitrogens is 1. The summed E-state index contributed by atoms with van der Waals surface area (Å²) in [7, 11) is 0. The van der Waals surface area contributed by atoms with E-state index in [1.165, 1.54) is 6.20 Å². The smallest absolute Gasteiger partial charge is 0.277 e. The highest BCUT2D eigenvalue weighted by Crippen LogP contribution is 2.23. The first-order valence-corrected chi connectivity index (χ1v) is 5.19. The first-order chi connectivity index (χ1) is 8.08. The number of amides is 1. The van der Waals surface area contributed by atoms with Crippen molar-refractivity contribution >= 4 is 27.5 Å². The second-order valence-electron chi connectivity index (χ2n) is 3.06. The summed E-state index contributed by atoms with van der Waals surface area (Å²) in [6.45, 7) is 0. The summed E-state index contributed by atoms with van der Waals surface area (Å²) in [6, 6.07) is 1.80. The Morgan fingerprint density at radius 1 is 1.35 bits per heavy atom. The SMILES string of the molecule is O=C(Nc1cc(Br)c(F)cc1F)c1cn[nH]n1. The first kappa shape index (κ1) is 11.6. The summed E-state index contributed by atoms with van der Waals surface area (Å²) < 4.78 is 26.3. The average molecular weight is 303 g/mol. The zero-order chi connectivity index (χ0) is 12.4. The zero-order valence-electron chi connectivity index (χ0n) is 8.17. The van der Waals surface area contributed by atoms with Crippen molar-refractivity contribution < 1.29 is 13.6 Å². The molecule has 0 spiro atoms. The average Bonchev–Trinajstić information content (AvgIpc) is 2.79. The van der Waals surface area contributed by atoms with Crippen molar-refractivity contribution in [2.45, 2.75) is 0 Å². The van der Waals surface area contributed by atoms with Crippen molar-refractivity contribution in [3.63, 3.8) is 0 Å². The summed E-state index contributed by atoms with van der Waals surface area (Å²) in [5.41, 5.74) is -0.142. The normalized spacial score (nSPS) is 10.3. The van der Waals surface area contributed by atoms with Gasteiger partial charge in [0.2, 0.25) is 0 Å². The van der Waals surface area contributed by atoms with E-state index in [0.717, 1.165) is 6.07 Å². The molecule has 2 N–H and O–H groups in total. The number of hydrogen-bond donors (Lipinski definition) is 2. The lowest BCUT2D eigenvalue weighted by Crippen LogP contribution is -2.13. The maximum absolute atomic E-state index is 13.3. The van der Waals surface area contributed by atoms with E-state index in [-0.39, 0.29) is 15.9 Å². The Hall–Kier alpha value is -1.83. The van der Waals surface area contributed by atoms with Gasteiger partial charge in [0.1, 0.15) is 11.6 Å². The number of nitrogens with one attached hydrogen (secondary N) is 2. The van der Waals surface area contributed by atoms with Crippen LogP contribution in [-0.2, 0) is 0 Å². The molecule has 0 aliphatic heterocycles. The third-order valence-corrected chi connectivity index (χ3v) is 2.51. The fourth-order valence-corrected chi connectivity index (χ4v) is 1.46. The van der Waals surface area contributed by atoms with Crippen molar-refractivity contribution in [2.24, 2.45) is 0 Å². The van der Waals surface area contributed by atoms with Gasteiger partial charge in [-0.1, -0.05) is 0 Å². The topological polar surface area (TPSA) is 70.7 Å². The van der Waals surface area contributed by atoms with E-state index in [0.29, 0.717) is 6.07 Å². The minimum atomic E-state index is -0.873. The van der Waals surface area contributed by atoms with E-state index >= 15 is 0 Å². The summed E-state index contributed by atoms with van der Waals surface area (Å²) >= 11 is 2.89. The number of aromatic amines is 1. The number of rotatable bonds is 2. The number of hydrogen-bond acceptors (Lipinski definition) is 3. The third kappa shape index (κ3) is 2.47. The Morgan fingerprint density at radius 3 is 2.76 bits per heavy atom. The highest BCUT2D eigenvalue weighted by Gasteiger charge is 2.13. The van der Waals surface area contributed by atoms with Crippen LogP contribution >= 0.6 is 15.9 Å². The number of anilines is 1. The lowest BCUT2D eigenvalue weighted by molar-refractivity contribution is 0.102. The molecule has 5 nitrogen and oxygen atoms in total. The third-order valence-electron chi connectivity index (χ3n) is 1.91. The van der Waals surface area contributed by atoms with Gasteiger partial charge < -0.3 is 5.32 Å². The van der Waals surface area contributed by atoms with Gasteiger partial charge in [0.15, 0.2) is 5.69 Å². The van der Waals surface area contributed by atoms with E-state index in [1.807, 2.05) is 0 Å². The van der Waals surface area contributed by atoms with Crippen LogP contribution in [-0.4, -0.2) is 21.3 Å². The molecule has 0 saturated carbocycles. The molecule has 88 valence electrons. The lowest BCUT2D eigenvalue weighted by atomic mass is 10.3. The van der Waals surface area contributed by atoms with Crippen LogP contribution in [0.2, 0.25) is 0 Å². The number of halogens is 3. The maximum atomic E-state index is 13.3. The van der Waals surface area contributed by atoms with Crippen molar-refractivity contribution in [3.8, 4) is 0 Å². The maximum Gasteiger partial charge on any atom is 0.277 e. The van der Waals surface area contributed by atoms with Gasteiger partial charge in [-0.25, -0.2) is 8.78 Å². The Morgan fingerprint density at radius 2 is 2.12 bits per heavy atom. The predicted octanol–water partition coefficient (Wildman–Crippen LogP) is 2.10. The molecule has 1 aromatic carbocycles. The van der Waals surface area contributed by atoms with Gasteiger partial charge >= 0.3 is 0 Å². The van der Waals surface area contributed by atoms with Gasteiger partial charge in [-0.05, 0) is 22.0 Å². The minimum absolute atomic E-state index is 0.00449. The number of carbonyl (C=O) groups is 1. The van der Waals surface area contributed by atoms with Gasteiger partial charge in [-0.15, -0.1) is 0 Å². The molecule has 0 bridgehead atoms. The van der Waals surface area contributed by atoms with Crippen LogP contribution in [0.4, 0.5) is 14.5 Å². The van der Waals surface area contributed by atoms with Crippen molar-refractivity contribution in [1.29, 1.82) is 0 Å². The molecule has 0 radical (unpaired) electrons. The molecule has 0 fully saturated rings. The quantitative estimate of drug-likeness (QED) is 0.835. The van der Waals surface area contributed by atoms with Crippen molar-refractivity contribution in [3.05, 3.63) is 40.1 Å². The van der Waals surface area contributed by atoms with Crippen LogP contribution in [0, 0.1) is 11.6 Å². The molecular weight excluding hydrogens is 298 g/mol. The van der Waals surface area contributed by atoms with E-state index in [4.69, 9.17) is 0 Å². The van der Waals surface area contributed by atoms with Crippen LogP contribution in [0.5, 0.6) is 0 Å². The monoisotopic (exact) mass is 302 g/mol. The first-order valence-electron chi connectivity index (χ1n) is 4.39. The fraction of sp³-hybridized carbons (Fsp3) is 0. The highest BCUT2D eigenvalue weighted by atomic mass is 79.9. The summed E-state index contributed by atoms with van der Waals surface area (Å²) in [5.74, 6) is -2.26. The molecule has 0 saturated heterocycles. The molecule has 0 aliphatic rings.